The maximum absolute atomic E-state index is 5.37. The van der Waals surface area contributed by atoms with Gasteiger partial charge in [0.15, 0.2) is 0 Å². The molecule has 0 unspecified atom stereocenters. The molecule has 1 aromatic rings. The monoisotopic (exact) mass is 376 g/mol. The lowest BCUT2D eigenvalue weighted by molar-refractivity contribution is 0.352. The second-order valence-corrected chi connectivity index (χ2v) is 6.88. The van der Waals surface area contributed by atoms with Gasteiger partial charge in [0.25, 0.3) is 0 Å². The van der Waals surface area contributed by atoms with Gasteiger partial charge in [-0.15, -0.1) is 0 Å². The molecule has 0 spiro atoms. The Hall–Kier alpha value is -0.260. The number of nitrogens with zero attached hydrogens (tertiary/aromatic N) is 1. The molecule has 2 rings (SSSR count). The Morgan fingerprint density at radius 2 is 2.00 bits per heavy atom. The molecule has 1 heterocycles. The molecular formula is C13H18Br2N2O. The zero-order chi connectivity index (χ0) is 13.3. The number of hydrogen-bond acceptors (Lipinski definition) is 3. The molecule has 0 saturated carbocycles. The van der Waals surface area contributed by atoms with Crippen LogP contribution in [-0.2, 0) is 0 Å². The normalized spacial score (nSPS) is 18.8. The number of methoxy groups -OCH3 is 1. The number of piperazine rings is 1. The maximum Gasteiger partial charge on any atom is 0.135 e. The van der Waals surface area contributed by atoms with Gasteiger partial charge in [-0.25, -0.2) is 0 Å². The summed E-state index contributed by atoms with van der Waals surface area (Å²) in [5.41, 5.74) is 1.32. The van der Waals surface area contributed by atoms with E-state index in [0.29, 0.717) is 0 Å². The Bertz CT molecular complexity index is 449. The van der Waals surface area contributed by atoms with E-state index in [1.807, 2.05) is 6.07 Å². The van der Waals surface area contributed by atoms with Gasteiger partial charge in [-0.05, 0) is 51.8 Å². The molecule has 1 aliphatic rings. The number of halogens is 2. The molecule has 0 atom stereocenters. The Labute approximate surface area is 125 Å². The van der Waals surface area contributed by atoms with Crippen molar-refractivity contribution in [2.45, 2.75) is 19.4 Å². The van der Waals surface area contributed by atoms with Crippen LogP contribution >= 0.6 is 31.9 Å². The van der Waals surface area contributed by atoms with Crippen LogP contribution in [0.3, 0.4) is 0 Å². The third kappa shape index (κ3) is 3.00. The van der Waals surface area contributed by atoms with Crippen LogP contribution in [-0.4, -0.2) is 32.3 Å². The molecule has 3 nitrogen and oxygen atoms in total. The van der Waals surface area contributed by atoms with Crippen molar-refractivity contribution in [2.24, 2.45) is 0 Å². The summed E-state index contributed by atoms with van der Waals surface area (Å²) in [7, 11) is 1.69. The molecule has 100 valence electrons. The maximum atomic E-state index is 5.37. The van der Waals surface area contributed by atoms with Crippen LogP contribution in [0.4, 0.5) is 5.69 Å². The highest BCUT2D eigenvalue weighted by Gasteiger charge is 2.27. The second kappa shape index (κ2) is 5.39. The van der Waals surface area contributed by atoms with Crippen LogP contribution in [0, 0.1) is 0 Å². The van der Waals surface area contributed by atoms with E-state index in [9.17, 15) is 0 Å². The number of nitrogens with one attached hydrogen (secondary N) is 1. The van der Waals surface area contributed by atoms with Gasteiger partial charge in [-0.3, -0.25) is 0 Å². The third-order valence-electron chi connectivity index (χ3n) is 3.13. The molecule has 1 aromatic carbocycles. The van der Waals surface area contributed by atoms with Crippen LogP contribution < -0.4 is 15.0 Å². The Morgan fingerprint density at radius 1 is 1.28 bits per heavy atom. The fourth-order valence-electron chi connectivity index (χ4n) is 2.26. The second-order valence-electron chi connectivity index (χ2n) is 5.17. The molecule has 0 aliphatic carbocycles. The van der Waals surface area contributed by atoms with Gasteiger partial charge in [-0.2, -0.15) is 0 Å². The quantitative estimate of drug-likeness (QED) is 0.854. The van der Waals surface area contributed by atoms with Crippen molar-refractivity contribution < 1.29 is 4.74 Å². The summed E-state index contributed by atoms with van der Waals surface area (Å²) < 4.78 is 7.43. The third-order valence-corrected chi connectivity index (χ3v) is 4.39. The lowest BCUT2D eigenvalue weighted by Crippen LogP contribution is -2.57. The summed E-state index contributed by atoms with van der Waals surface area (Å²) in [6, 6.07) is 4.12. The Morgan fingerprint density at radius 3 is 2.61 bits per heavy atom. The Balaban J connectivity index is 2.32. The number of benzene rings is 1. The minimum absolute atomic E-state index is 0.137. The smallest absolute Gasteiger partial charge is 0.135 e. The van der Waals surface area contributed by atoms with Gasteiger partial charge >= 0.3 is 0 Å². The summed E-state index contributed by atoms with van der Waals surface area (Å²) >= 11 is 7.14. The van der Waals surface area contributed by atoms with Crippen molar-refractivity contribution in [1.82, 2.24) is 5.32 Å². The largest absolute Gasteiger partial charge is 0.495 e. The minimum Gasteiger partial charge on any atom is -0.495 e. The zero-order valence-electron chi connectivity index (χ0n) is 10.9. The van der Waals surface area contributed by atoms with E-state index in [1.165, 1.54) is 5.69 Å². The fourth-order valence-corrected chi connectivity index (χ4v) is 3.67. The van der Waals surface area contributed by atoms with E-state index in [0.717, 1.165) is 34.3 Å². The van der Waals surface area contributed by atoms with Crippen molar-refractivity contribution in [3.05, 3.63) is 21.1 Å². The molecule has 0 amide bonds. The molecular weight excluding hydrogens is 360 g/mol. The molecule has 1 fully saturated rings. The number of anilines is 1. The SMILES string of the molecule is COc1cc(N2CCNC(C)(C)C2)c(Br)cc1Br. The van der Waals surface area contributed by atoms with E-state index in [4.69, 9.17) is 4.74 Å². The summed E-state index contributed by atoms with van der Waals surface area (Å²) in [6.45, 7) is 7.44. The van der Waals surface area contributed by atoms with E-state index in [-0.39, 0.29) is 5.54 Å². The summed E-state index contributed by atoms with van der Waals surface area (Å²) in [4.78, 5) is 2.38. The zero-order valence-corrected chi connectivity index (χ0v) is 14.1. The summed E-state index contributed by atoms with van der Waals surface area (Å²) in [5.74, 6) is 0.865. The fraction of sp³-hybridized carbons (Fsp3) is 0.538. The van der Waals surface area contributed by atoms with Gasteiger partial charge in [0, 0.05) is 35.7 Å². The minimum atomic E-state index is 0.137. The molecule has 1 aliphatic heterocycles. The molecule has 1 N–H and O–H groups in total. The van der Waals surface area contributed by atoms with Gasteiger partial charge in [-0.1, -0.05) is 0 Å². The average molecular weight is 378 g/mol. The average Bonchev–Trinajstić information content (AvgIpc) is 2.27. The van der Waals surface area contributed by atoms with Crippen molar-refractivity contribution in [3.8, 4) is 5.75 Å². The number of hydrogen-bond donors (Lipinski definition) is 1. The van der Waals surface area contributed by atoms with E-state index in [2.05, 4.69) is 62.0 Å². The highest BCUT2D eigenvalue weighted by Crippen LogP contribution is 2.37. The van der Waals surface area contributed by atoms with Crippen LogP contribution in [0.2, 0.25) is 0 Å². The predicted molar refractivity (Wildman–Crippen MR) is 82.7 cm³/mol. The van der Waals surface area contributed by atoms with Crippen molar-refractivity contribution in [3.63, 3.8) is 0 Å². The number of rotatable bonds is 2. The first-order valence-corrected chi connectivity index (χ1v) is 7.54. The molecule has 0 bridgehead atoms. The molecule has 0 radical (unpaired) electrons. The lowest BCUT2D eigenvalue weighted by Gasteiger charge is -2.40. The molecule has 18 heavy (non-hydrogen) atoms. The first-order valence-electron chi connectivity index (χ1n) is 5.96. The van der Waals surface area contributed by atoms with E-state index in [1.54, 1.807) is 7.11 Å². The van der Waals surface area contributed by atoms with Crippen LogP contribution in [0.1, 0.15) is 13.8 Å². The molecule has 5 heteroatoms. The first-order chi connectivity index (χ1) is 8.43. The van der Waals surface area contributed by atoms with Crippen molar-refractivity contribution >= 4 is 37.5 Å². The van der Waals surface area contributed by atoms with E-state index < -0.39 is 0 Å². The Kier molecular flexibility index (Phi) is 4.24. The van der Waals surface area contributed by atoms with Gasteiger partial charge < -0.3 is 15.0 Å². The predicted octanol–water partition coefficient (Wildman–Crippen LogP) is 3.41. The highest BCUT2D eigenvalue weighted by atomic mass is 79.9. The molecule has 1 saturated heterocycles. The van der Waals surface area contributed by atoms with E-state index >= 15 is 0 Å². The molecule has 0 aromatic heterocycles. The lowest BCUT2D eigenvalue weighted by atomic mass is 10.0. The first kappa shape index (κ1) is 14.2. The summed E-state index contributed by atoms with van der Waals surface area (Å²) in [5, 5.41) is 3.52. The van der Waals surface area contributed by atoms with Gasteiger partial charge in [0.05, 0.1) is 17.3 Å². The van der Waals surface area contributed by atoms with Crippen molar-refractivity contribution in [2.75, 3.05) is 31.6 Å². The number of ether oxygens (including phenoxy) is 1. The van der Waals surface area contributed by atoms with Crippen LogP contribution in [0.25, 0.3) is 0 Å². The van der Waals surface area contributed by atoms with Gasteiger partial charge in [0.2, 0.25) is 0 Å². The van der Waals surface area contributed by atoms with Crippen LogP contribution in [0.5, 0.6) is 5.75 Å². The standard InChI is InChI=1S/C13H18Br2N2O/c1-13(2)8-17(5-4-16-13)11-7-12(18-3)10(15)6-9(11)14/h6-7,16H,4-5,8H2,1-3H3. The van der Waals surface area contributed by atoms with Crippen molar-refractivity contribution in [1.29, 1.82) is 0 Å². The topological polar surface area (TPSA) is 24.5 Å². The summed E-state index contributed by atoms with van der Waals surface area (Å²) in [6.07, 6.45) is 0. The highest BCUT2D eigenvalue weighted by molar-refractivity contribution is 9.11. The van der Waals surface area contributed by atoms with Crippen LogP contribution in [0.15, 0.2) is 21.1 Å². The van der Waals surface area contributed by atoms with Gasteiger partial charge in [0.1, 0.15) is 5.75 Å².